The fourth-order valence-corrected chi connectivity index (χ4v) is 11.7. The SMILES string of the molecule is C=C(C)[C@@H]1CC[C@]2(/C=N/O)CC[C@]3(C)[C@H](CC[C@@H]4[C@@]5(C)CCC(=C)[C@@](C)(COC(C)=O)[C@@H]5CC[C@]43C)[C@@H]12. The molecule has 5 fully saturated rings. The van der Waals surface area contributed by atoms with Crippen LogP contribution in [0.15, 0.2) is 29.5 Å². The number of allylic oxidation sites excluding steroid dienone is 1. The highest BCUT2D eigenvalue weighted by Gasteiger charge is 2.70. The van der Waals surface area contributed by atoms with Crippen molar-refractivity contribution < 1.29 is 14.7 Å². The highest BCUT2D eigenvalue weighted by atomic mass is 16.5. The van der Waals surface area contributed by atoms with Crippen molar-refractivity contribution in [3.05, 3.63) is 24.3 Å². The van der Waals surface area contributed by atoms with Crippen molar-refractivity contribution in [2.24, 2.45) is 61.8 Å². The summed E-state index contributed by atoms with van der Waals surface area (Å²) in [5.74, 6) is 2.67. The Morgan fingerprint density at radius 2 is 1.73 bits per heavy atom. The van der Waals surface area contributed by atoms with Crippen LogP contribution in [0.4, 0.5) is 0 Å². The van der Waals surface area contributed by atoms with Crippen molar-refractivity contribution in [2.45, 2.75) is 106 Å². The third-order valence-electron chi connectivity index (χ3n) is 13.8. The number of hydrogen-bond acceptors (Lipinski definition) is 4. The van der Waals surface area contributed by atoms with Crippen LogP contribution in [0.5, 0.6) is 0 Å². The number of hydrogen-bond donors (Lipinski definition) is 1. The number of carbonyl (C=O) groups excluding carboxylic acids is 1. The molecule has 0 amide bonds. The fraction of sp³-hybridized carbons (Fsp3) is 0.818. The van der Waals surface area contributed by atoms with Crippen molar-refractivity contribution >= 4 is 12.2 Å². The van der Waals surface area contributed by atoms with Gasteiger partial charge in [-0.25, -0.2) is 0 Å². The molecule has 0 aliphatic heterocycles. The Balaban J connectivity index is 1.53. The predicted octanol–water partition coefficient (Wildman–Crippen LogP) is 8.20. The molecule has 0 radical (unpaired) electrons. The Kier molecular flexibility index (Phi) is 6.36. The van der Waals surface area contributed by atoms with E-state index in [1.165, 1.54) is 63.0 Å². The van der Waals surface area contributed by atoms with Crippen LogP contribution in [0.25, 0.3) is 0 Å². The highest BCUT2D eigenvalue weighted by molar-refractivity contribution is 5.67. The second kappa shape index (κ2) is 8.71. The number of fused-ring (bicyclic) bond motifs is 7. The summed E-state index contributed by atoms with van der Waals surface area (Å²) >= 11 is 0. The minimum Gasteiger partial charge on any atom is -0.465 e. The van der Waals surface area contributed by atoms with Gasteiger partial charge in [0.05, 0.1) is 6.21 Å². The molecule has 0 unspecified atom stereocenters. The van der Waals surface area contributed by atoms with E-state index in [0.29, 0.717) is 36.2 Å². The van der Waals surface area contributed by atoms with E-state index in [1.807, 2.05) is 6.21 Å². The molecule has 5 saturated carbocycles. The average Bonchev–Trinajstić information content (AvgIpc) is 3.21. The van der Waals surface area contributed by atoms with Crippen LogP contribution in [-0.4, -0.2) is 24.0 Å². The van der Waals surface area contributed by atoms with Crippen molar-refractivity contribution in [1.29, 1.82) is 0 Å². The first kappa shape index (κ1) is 27.0. The Hall–Kier alpha value is -1.58. The number of oxime groups is 1. The standard InChI is InChI=1S/C33H51NO3/c1-21(2)24-12-16-33(19-34-36)18-17-31(7)25(28(24)33)9-10-27-29(5)14-11-22(3)30(6,20-37-23(4)35)26(29)13-15-32(27,31)8/h19,24-28,36H,1,3,9-18,20H2,2,4-8H3/b34-19+/t24-,25+,26+,27+,28+,29-,30+,31+,32+,33+/m0/s1. The van der Waals surface area contributed by atoms with Crippen molar-refractivity contribution in [3.63, 3.8) is 0 Å². The summed E-state index contributed by atoms with van der Waals surface area (Å²) in [6.45, 7) is 23.4. The van der Waals surface area contributed by atoms with E-state index in [2.05, 4.69) is 52.9 Å². The Bertz CT molecular complexity index is 1020. The maximum atomic E-state index is 11.8. The fourth-order valence-electron chi connectivity index (χ4n) is 11.7. The lowest BCUT2D eigenvalue weighted by atomic mass is 9.32. The van der Waals surface area contributed by atoms with Gasteiger partial charge in [-0.2, -0.15) is 0 Å². The molecule has 5 aliphatic carbocycles. The van der Waals surface area contributed by atoms with Crippen molar-refractivity contribution in [2.75, 3.05) is 6.61 Å². The maximum Gasteiger partial charge on any atom is 0.302 e. The third kappa shape index (κ3) is 3.52. The van der Waals surface area contributed by atoms with Gasteiger partial charge in [0.25, 0.3) is 0 Å². The Morgan fingerprint density at radius 1 is 1.00 bits per heavy atom. The largest absolute Gasteiger partial charge is 0.465 e. The van der Waals surface area contributed by atoms with Gasteiger partial charge in [-0.05, 0) is 117 Å². The lowest BCUT2D eigenvalue weighted by molar-refractivity contribution is -0.230. The molecule has 4 heteroatoms. The molecule has 0 bridgehead atoms. The average molecular weight is 510 g/mol. The van der Waals surface area contributed by atoms with Gasteiger partial charge < -0.3 is 9.94 Å². The van der Waals surface area contributed by atoms with Crippen LogP contribution in [0.1, 0.15) is 106 Å². The van der Waals surface area contributed by atoms with E-state index in [4.69, 9.17) is 4.74 Å². The first-order valence-electron chi connectivity index (χ1n) is 14.9. The lowest BCUT2D eigenvalue weighted by Crippen LogP contribution is -2.66. The van der Waals surface area contributed by atoms with Crippen LogP contribution >= 0.6 is 0 Å². The van der Waals surface area contributed by atoms with Gasteiger partial charge in [0, 0.05) is 17.8 Å². The molecule has 10 atom stereocenters. The molecule has 206 valence electrons. The Morgan fingerprint density at radius 3 is 2.38 bits per heavy atom. The Labute approximate surface area is 225 Å². The maximum absolute atomic E-state index is 11.8. The molecule has 37 heavy (non-hydrogen) atoms. The van der Waals surface area contributed by atoms with E-state index >= 15 is 0 Å². The zero-order valence-electron chi connectivity index (χ0n) is 24.4. The zero-order chi connectivity index (χ0) is 27.0. The number of ether oxygens (including phenoxy) is 1. The van der Waals surface area contributed by atoms with Crippen molar-refractivity contribution in [3.8, 4) is 0 Å². The molecule has 5 aliphatic rings. The van der Waals surface area contributed by atoms with Gasteiger partial charge in [-0.3, -0.25) is 4.79 Å². The molecule has 1 N–H and O–H groups in total. The minimum atomic E-state index is -0.185. The van der Waals surface area contributed by atoms with Crippen LogP contribution in [0.3, 0.4) is 0 Å². The summed E-state index contributed by atoms with van der Waals surface area (Å²) in [5.41, 5.74) is 3.23. The normalized spacial score (nSPS) is 51.1. The van der Waals surface area contributed by atoms with Crippen molar-refractivity contribution in [1.82, 2.24) is 0 Å². The molecule has 4 nitrogen and oxygen atoms in total. The van der Waals surface area contributed by atoms with Gasteiger partial charge in [0.1, 0.15) is 6.61 Å². The summed E-state index contributed by atoms with van der Waals surface area (Å²) in [4.78, 5) is 11.8. The smallest absolute Gasteiger partial charge is 0.302 e. The van der Waals surface area contributed by atoms with Gasteiger partial charge in [-0.1, -0.05) is 52.0 Å². The van der Waals surface area contributed by atoms with E-state index < -0.39 is 0 Å². The third-order valence-corrected chi connectivity index (χ3v) is 13.8. The zero-order valence-corrected chi connectivity index (χ0v) is 24.4. The highest BCUT2D eigenvalue weighted by Crippen LogP contribution is 2.77. The van der Waals surface area contributed by atoms with Crippen LogP contribution in [0.2, 0.25) is 0 Å². The molecule has 0 aromatic carbocycles. The van der Waals surface area contributed by atoms with E-state index in [1.54, 1.807) is 0 Å². The van der Waals surface area contributed by atoms with Gasteiger partial charge in [0.15, 0.2) is 0 Å². The molecule has 0 aromatic heterocycles. The molecule has 0 saturated heterocycles. The molecule has 0 spiro atoms. The monoisotopic (exact) mass is 509 g/mol. The lowest BCUT2D eigenvalue weighted by Gasteiger charge is -2.72. The minimum absolute atomic E-state index is 0.0258. The van der Waals surface area contributed by atoms with Gasteiger partial charge in [0.2, 0.25) is 0 Å². The second-order valence-corrected chi connectivity index (χ2v) is 15.0. The first-order valence-corrected chi connectivity index (χ1v) is 14.9. The summed E-state index contributed by atoms with van der Waals surface area (Å²) in [6.07, 6.45) is 13.8. The van der Waals surface area contributed by atoms with Crippen LogP contribution in [0, 0.1) is 56.7 Å². The van der Waals surface area contributed by atoms with Gasteiger partial charge in [-0.15, -0.1) is 5.16 Å². The summed E-state index contributed by atoms with van der Waals surface area (Å²) in [6, 6.07) is 0. The molecule has 0 aromatic rings. The van der Waals surface area contributed by atoms with E-state index in [0.717, 1.165) is 19.3 Å². The quantitative estimate of drug-likeness (QED) is 0.137. The summed E-state index contributed by atoms with van der Waals surface area (Å²) in [5, 5.41) is 13.4. The number of rotatable bonds is 4. The molecular formula is C33H51NO3. The van der Waals surface area contributed by atoms with E-state index in [-0.39, 0.29) is 33.0 Å². The summed E-state index contributed by atoms with van der Waals surface area (Å²) < 4.78 is 5.69. The topological polar surface area (TPSA) is 58.9 Å². The number of esters is 1. The number of nitrogens with zero attached hydrogens (tertiary/aromatic N) is 1. The van der Waals surface area contributed by atoms with Crippen LogP contribution in [-0.2, 0) is 9.53 Å². The molecule has 5 rings (SSSR count). The number of carbonyl (C=O) groups is 1. The molecule has 0 heterocycles. The molecular weight excluding hydrogens is 458 g/mol. The van der Waals surface area contributed by atoms with Crippen LogP contribution < -0.4 is 0 Å². The first-order chi connectivity index (χ1) is 17.3. The second-order valence-electron chi connectivity index (χ2n) is 15.0. The predicted molar refractivity (Wildman–Crippen MR) is 149 cm³/mol. The van der Waals surface area contributed by atoms with E-state index in [9.17, 15) is 10.0 Å². The van der Waals surface area contributed by atoms with Gasteiger partial charge >= 0.3 is 5.97 Å². The summed E-state index contributed by atoms with van der Waals surface area (Å²) in [7, 11) is 0.